The monoisotopic (exact) mass is 281 g/mol. The highest BCUT2D eigenvalue weighted by Crippen LogP contribution is 2.07. The van der Waals surface area contributed by atoms with Crippen LogP contribution in [-0.2, 0) is 26.0 Å². The Morgan fingerprint density at radius 1 is 1.32 bits per heavy atom. The van der Waals surface area contributed by atoms with Crippen LogP contribution in [0, 0.1) is 0 Å². The number of carbonyl (C=O) groups is 1. The fourth-order valence-corrected chi connectivity index (χ4v) is 2.99. The van der Waals surface area contributed by atoms with Gasteiger partial charge in [-0.3, -0.25) is 4.79 Å². The molecule has 1 aliphatic heterocycles. The molecule has 6 heteroatoms. The lowest BCUT2D eigenvalue weighted by Gasteiger charge is -2.10. The van der Waals surface area contributed by atoms with E-state index in [-0.39, 0.29) is 18.3 Å². The number of sulfone groups is 1. The predicted molar refractivity (Wildman–Crippen MR) is 71.0 cm³/mol. The molecule has 1 heterocycles. The highest BCUT2D eigenvalue weighted by Gasteiger charge is 2.22. The van der Waals surface area contributed by atoms with Crippen molar-refractivity contribution in [2.24, 2.45) is 0 Å². The minimum absolute atomic E-state index is 0.0720. The van der Waals surface area contributed by atoms with Gasteiger partial charge in [0.15, 0.2) is 9.84 Å². The van der Waals surface area contributed by atoms with Crippen molar-refractivity contribution < 1.29 is 17.9 Å². The summed E-state index contributed by atoms with van der Waals surface area (Å²) in [6, 6.07) is 9.06. The van der Waals surface area contributed by atoms with Gasteiger partial charge in [-0.2, -0.15) is 0 Å². The summed E-state index contributed by atoms with van der Waals surface area (Å²) < 4.78 is 27.6. The first-order chi connectivity index (χ1) is 9.05. The van der Waals surface area contributed by atoms with E-state index < -0.39 is 15.9 Å². The molecule has 5 nitrogen and oxygen atoms in total. The van der Waals surface area contributed by atoms with Crippen molar-refractivity contribution in [2.75, 3.05) is 12.4 Å². The lowest BCUT2D eigenvalue weighted by atomic mass is 10.2. The molecule has 0 aliphatic carbocycles. The number of hydrogen-bond acceptors (Lipinski definition) is 4. The van der Waals surface area contributed by atoms with Crippen LogP contribution in [0.1, 0.15) is 5.56 Å². The van der Waals surface area contributed by atoms with Crippen LogP contribution in [-0.4, -0.2) is 32.7 Å². The zero-order chi connectivity index (χ0) is 13.7. The minimum Gasteiger partial charge on any atom is -0.367 e. The van der Waals surface area contributed by atoms with E-state index in [4.69, 9.17) is 4.74 Å². The second-order valence-electron chi connectivity index (χ2n) is 4.31. The molecule has 0 aromatic heterocycles. The maximum Gasteiger partial charge on any atom is 0.246 e. The van der Waals surface area contributed by atoms with Crippen LogP contribution in [0.3, 0.4) is 0 Å². The maximum absolute atomic E-state index is 11.5. The van der Waals surface area contributed by atoms with E-state index in [2.05, 4.69) is 5.32 Å². The number of ether oxygens (including phenoxy) is 1. The summed E-state index contributed by atoms with van der Waals surface area (Å²) in [7, 11) is -3.14. The average Bonchev–Trinajstić information content (AvgIpc) is 2.70. The topological polar surface area (TPSA) is 72.5 Å². The smallest absolute Gasteiger partial charge is 0.246 e. The third-order valence-electron chi connectivity index (χ3n) is 2.62. The van der Waals surface area contributed by atoms with Gasteiger partial charge in [0, 0.05) is 5.41 Å². The fourth-order valence-electron chi connectivity index (χ4n) is 1.75. The summed E-state index contributed by atoms with van der Waals surface area (Å²) in [5.74, 6) is -0.389. The summed E-state index contributed by atoms with van der Waals surface area (Å²) in [6.45, 7) is 0.270. The van der Waals surface area contributed by atoms with Crippen molar-refractivity contribution in [1.29, 1.82) is 0 Å². The molecule has 1 N–H and O–H groups in total. The minimum atomic E-state index is -3.14. The first kappa shape index (κ1) is 13.8. The zero-order valence-corrected chi connectivity index (χ0v) is 11.1. The molecule has 1 aromatic carbocycles. The molecule has 0 fully saturated rings. The van der Waals surface area contributed by atoms with Crippen LogP contribution in [0.15, 0.2) is 41.8 Å². The Balaban J connectivity index is 1.70. The van der Waals surface area contributed by atoms with Gasteiger partial charge in [0.05, 0.1) is 18.4 Å². The second-order valence-corrected chi connectivity index (χ2v) is 6.24. The SMILES string of the molecule is O=C(COCc1ccccc1)N[C@H]1C=CS(=O)(=O)C1. The van der Waals surface area contributed by atoms with Gasteiger partial charge in [0.2, 0.25) is 5.91 Å². The Labute approximate surface area is 112 Å². The van der Waals surface area contributed by atoms with Gasteiger partial charge < -0.3 is 10.1 Å². The maximum atomic E-state index is 11.5. The molecule has 0 bridgehead atoms. The summed E-state index contributed by atoms with van der Waals surface area (Å²) in [4.78, 5) is 11.5. The van der Waals surface area contributed by atoms with Crippen LogP contribution >= 0.6 is 0 Å². The van der Waals surface area contributed by atoms with Crippen LogP contribution in [0.5, 0.6) is 0 Å². The molecule has 0 saturated carbocycles. The van der Waals surface area contributed by atoms with E-state index in [1.165, 1.54) is 6.08 Å². The van der Waals surface area contributed by atoms with Crippen molar-refractivity contribution in [3.05, 3.63) is 47.4 Å². The van der Waals surface area contributed by atoms with E-state index in [1.54, 1.807) is 0 Å². The molecule has 2 rings (SSSR count). The molecule has 0 spiro atoms. The third kappa shape index (κ3) is 4.50. The Kier molecular flexibility index (Phi) is 4.34. The first-order valence-corrected chi connectivity index (χ1v) is 7.59. The fraction of sp³-hybridized carbons (Fsp3) is 0.308. The molecule has 102 valence electrons. The summed E-state index contributed by atoms with van der Waals surface area (Å²) in [5.41, 5.74) is 0.985. The molecule has 1 aliphatic rings. The normalized spacial score (nSPS) is 20.3. The number of nitrogens with one attached hydrogen (secondary N) is 1. The molecule has 0 saturated heterocycles. The Morgan fingerprint density at radius 2 is 2.05 bits per heavy atom. The number of rotatable bonds is 5. The van der Waals surface area contributed by atoms with Crippen LogP contribution < -0.4 is 5.32 Å². The quantitative estimate of drug-likeness (QED) is 0.859. The highest BCUT2D eigenvalue weighted by atomic mass is 32.2. The molecule has 1 amide bonds. The van der Waals surface area contributed by atoms with Crippen molar-refractivity contribution in [1.82, 2.24) is 5.32 Å². The highest BCUT2D eigenvalue weighted by molar-refractivity contribution is 7.94. The third-order valence-corrected chi connectivity index (χ3v) is 4.02. The largest absolute Gasteiger partial charge is 0.367 e. The van der Waals surface area contributed by atoms with Crippen molar-refractivity contribution in [3.8, 4) is 0 Å². The second kappa shape index (κ2) is 5.99. The van der Waals surface area contributed by atoms with E-state index in [0.29, 0.717) is 6.61 Å². The van der Waals surface area contributed by atoms with Gasteiger partial charge in [0.1, 0.15) is 6.61 Å². The molecule has 0 radical (unpaired) electrons. The zero-order valence-electron chi connectivity index (χ0n) is 10.3. The van der Waals surface area contributed by atoms with E-state index in [9.17, 15) is 13.2 Å². The Morgan fingerprint density at radius 3 is 2.68 bits per heavy atom. The number of carbonyl (C=O) groups excluding carboxylic acids is 1. The van der Waals surface area contributed by atoms with E-state index in [0.717, 1.165) is 11.0 Å². The average molecular weight is 281 g/mol. The summed E-state index contributed by atoms with van der Waals surface area (Å²) >= 11 is 0. The van der Waals surface area contributed by atoms with Gasteiger partial charge in [-0.1, -0.05) is 30.3 Å². The number of hydrogen-bond donors (Lipinski definition) is 1. The summed E-state index contributed by atoms with van der Waals surface area (Å²) in [6.07, 6.45) is 1.48. The van der Waals surface area contributed by atoms with E-state index in [1.807, 2.05) is 30.3 Å². The van der Waals surface area contributed by atoms with Gasteiger partial charge in [-0.25, -0.2) is 8.42 Å². The molecule has 1 aromatic rings. The Hall–Kier alpha value is -1.66. The van der Waals surface area contributed by atoms with Crippen LogP contribution in [0.25, 0.3) is 0 Å². The van der Waals surface area contributed by atoms with Crippen molar-refractivity contribution in [3.63, 3.8) is 0 Å². The molecule has 0 unspecified atom stereocenters. The summed E-state index contributed by atoms with van der Waals surface area (Å²) in [5, 5.41) is 3.72. The van der Waals surface area contributed by atoms with Gasteiger partial charge in [-0.05, 0) is 11.6 Å². The lowest BCUT2D eigenvalue weighted by molar-refractivity contribution is -0.126. The number of amides is 1. The first-order valence-electron chi connectivity index (χ1n) is 5.87. The standard InChI is InChI=1S/C13H15NO4S/c15-13(14-12-6-7-19(16,17)10-12)9-18-8-11-4-2-1-3-5-11/h1-7,12H,8-10H2,(H,14,15)/t12-/m0/s1. The van der Waals surface area contributed by atoms with Gasteiger partial charge in [-0.15, -0.1) is 0 Å². The van der Waals surface area contributed by atoms with Gasteiger partial charge >= 0.3 is 0 Å². The van der Waals surface area contributed by atoms with Crippen molar-refractivity contribution in [2.45, 2.75) is 12.6 Å². The van der Waals surface area contributed by atoms with Crippen LogP contribution in [0.4, 0.5) is 0 Å². The van der Waals surface area contributed by atoms with E-state index >= 15 is 0 Å². The van der Waals surface area contributed by atoms with Gasteiger partial charge in [0.25, 0.3) is 0 Å². The molecule has 1 atom stereocenters. The van der Waals surface area contributed by atoms with Crippen molar-refractivity contribution >= 4 is 15.7 Å². The molecular formula is C13H15NO4S. The van der Waals surface area contributed by atoms with Crippen LogP contribution in [0.2, 0.25) is 0 Å². The number of benzene rings is 1. The predicted octanol–water partition coefficient (Wildman–Crippen LogP) is 0.630. The molecular weight excluding hydrogens is 266 g/mol. The molecule has 19 heavy (non-hydrogen) atoms. The lowest BCUT2D eigenvalue weighted by Crippen LogP contribution is -2.37. The Bertz CT molecular complexity index is 566.